The molecular formula is C19H25BO9Si. The summed E-state index contributed by atoms with van der Waals surface area (Å²) in [5.74, 6) is -0.752. The van der Waals surface area contributed by atoms with Gasteiger partial charge in [0.1, 0.15) is 0 Å². The fourth-order valence-corrected chi connectivity index (χ4v) is 3.26. The summed E-state index contributed by atoms with van der Waals surface area (Å²) in [5, 5.41) is -0.131. The Labute approximate surface area is 175 Å². The summed E-state index contributed by atoms with van der Waals surface area (Å²) in [6.07, 6.45) is 1.02. The van der Waals surface area contributed by atoms with Crippen molar-refractivity contribution in [3.63, 3.8) is 0 Å². The number of hydrogen-bond acceptors (Lipinski definition) is 9. The van der Waals surface area contributed by atoms with E-state index in [4.69, 9.17) is 28.1 Å². The van der Waals surface area contributed by atoms with Crippen molar-refractivity contribution < 1.29 is 37.6 Å². The van der Waals surface area contributed by atoms with Crippen LogP contribution in [0, 0.1) is 0 Å². The van der Waals surface area contributed by atoms with E-state index in [1.165, 1.54) is 20.3 Å². The third-order valence-corrected chi connectivity index (χ3v) is 5.79. The molecule has 1 aromatic heterocycles. The van der Waals surface area contributed by atoms with Crippen molar-refractivity contribution in [2.75, 3.05) is 34.4 Å². The minimum atomic E-state index is -1.46. The van der Waals surface area contributed by atoms with E-state index < -0.39 is 19.5 Å². The third kappa shape index (κ3) is 5.77. The standard InChI is InChI=1S/C19H25BO9Si/c1-24-10-28-14-8-13-15(17(21)12(20-23)9-27-13)16(18(14)29-11-25-2)19(22)26-6-7-30(3,4)5/h8-9H,6-7,10-11H2,1-5H3. The van der Waals surface area contributed by atoms with Crippen molar-refractivity contribution in [3.05, 3.63) is 28.1 Å². The molecule has 0 atom stereocenters. The van der Waals surface area contributed by atoms with Crippen molar-refractivity contribution in [2.24, 2.45) is 0 Å². The summed E-state index contributed by atoms with van der Waals surface area (Å²) in [4.78, 5) is 25.8. The fourth-order valence-electron chi connectivity index (χ4n) is 2.55. The normalized spacial score (nSPS) is 11.2. The molecule has 0 aliphatic heterocycles. The zero-order valence-electron chi connectivity index (χ0n) is 17.7. The van der Waals surface area contributed by atoms with E-state index >= 15 is 0 Å². The molecule has 162 valence electrons. The van der Waals surface area contributed by atoms with Crippen LogP contribution in [0.4, 0.5) is 0 Å². The molecule has 9 nitrogen and oxygen atoms in total. The molecule has 0 saturated heterocycles. The summed E-state index contributed by atoms with van der Waals surface area (Å²) in [7, 11) is 1.73. The average Bonchev–Trinajstić information content (AvgIpc) is 2.69. The first-order valence-corrected chi connectivity index (χ1v) is 12.9. The minimum absolute atomic E-state index is 0.0404. The van der Waals surface area contributed by atoms with Crippen LogP contribution in [0.5, 0.6) is 11.5 Å². The molecular weight excluding hydrogens is 411 g/mol. The van der Waals surface area contributed by atoms with Gasteiger partial charge in [-0.25, -0.2) is 0 Å². The zero-order chi connectivity index (χ0) is 22.3. The number of benzene rings is 1. The molecule has 0 unspecified atom stereocenters. The Kier molecular flexibility index (Phi) is 8.33. The van der Waals surface area contributed by atoms with Crippen molar-refractivity contribution in [2.45, 2.75) is 25.7 Å². The molecule has 1 aromatic carbocycles. The van der Waals surface area contributed by atoms with E-state index in [0.717, 1.165) is 12.3 Å². The zero-order valence-corrected chi connectivity index (χ0v) is 18.7. The Morgan fingerprint density at radius 3 is 2.40 bits per heavy atom. The van der Waals surface area contributed by atoms with Crippen molar-refractivity contribution in [1.82, 2.24) is 0 Å². The Morgan fingerprint density at radius 2 is 1.80 bits per heavy atom. The summed E-state index contributed by atoms with van der Waals surface area (Å²) in [6, 6.07) is 2.12. The summed E-state index contributed by atoms with van der Waals surface area (Å²) in [6.45, 7) is 6.26. The SMILES string of the molecule is COCOc1cc2occ(B=O)c(=O)c2c(C(=O)OCC[Si](C)(C)C)c1OCOC. The van der Waals surface area contributed by atoms with Gasteiger partial charge in [-0.15, -0.1) is 0 Å². The summed E-state index contributed by atoms with van der Waals surface area (Å²) >= 11 is 0. The number of esters is 1. The molecule has 2 aromatic rings. The van der Waals surface area contributed by atoms with Crippen LogP contribution in [-0.4, -0.2) is 55.6 Å². The molecule has 0 aliphatic rings. The molecule has 11 heteroatoms. The van der Waals surface area contributed by atoms with Crippen LogP contribution >= 0.6 is 0 Å². The van der Waals surface area contributed by atoms with Crippen LogP contribution in [-0.2, 0) is 18.9 Å². The van der Waals surface area contributed by atoms with Gasteiger partial charge in [0, 0.05) is 0 Å². The van der Waals surface area contributed by atoms with E-state index in [2.05, 4.69) is 19.6 Å². The fraction of sp³-hybridized carbons (Fsp3) is 0.474. The summed E-state index contributed by atoms with van der Waals surface area (Å²) < 4.78 is 43.0. The maximum absolute atomic E-state index is 13.0. The van der Waals surface area contributed by atoms with Crippen LogP contribution in [0.25, 0.3) is 11.0 Å². The molecule has 0 spiro atoms. The number of carbonyl (C=O) groups excluding carboxylic acids is 1. The van der Waals surface area contributed by atoms with Gasteiger partial charge in [0.25, 0.3) is 0 Å². The first-order valence-electron chi connectivity index (χ1n) is 9.21. The quantitative estimate of drug-likeness (QED) is 0.296. The monoisotopic (exact) mass is 436 g/mol. The summed E-state index contributed by atoms with van der Waals surface area (Å²) in [5.41, 5.74) is -1.06. The maximum atomic E-state index is 13.0. The number of hydrogen-bond donors (Lipinski definition) is 0. The average molecular weight is 436 g/mol. The number of ether oxygens (including phenoxy) is 5. The van der Waals surface area contributed by atoms with Gasteiger partial charge in [0.15, 0.2) is 0 Å². The first-order chi connectivity index (χ1) is 14.2. The predicted molar refractivity (Wildman–Crippen MR) is 112 cm³/mol. The molecule has 0 saturated carbocycles. The number of fused-ring (bicyclic) bond motifs is 1. The van der Waals surface area contributed by atoms with Gasteiger partial charge in [-0.3, -0.25) is 0 Å². The third-order valence-electron chi connectivity index (χ3n) is 4.08. The van der Waals surface area contributed by atoms with Gasteiger partial charge < -0.3 is 0 Å². The molecule has 0 N–H and O–H groups in total. The Morgan fingerprint density at radius 1 is 1.13 bits per heavy atom. The van der Waals surface area contributed by atoms with Crippen LogP contribution < -0.4 is 20.4 Å². The second kappa shape index (κ2) is 10.5. The van der Waals surface area contributed by atoms with Crippen LogP contribution in [0.2, 0.25) is 25.7 Å². The molecule has 0 radical (unpaired) electrons. The Bertz CT molecular complexity index is 965. The van der Waals surface area contributed by atoms with Gasteiger partial charge >= 0.3 is 175 Å². The van der Waals surface area contributed by atoms with Gasteiger partial charge in [0.2, 0.25) is 0 Å². The van der Waals surface area contributed by atoms with Gasteiger partial charge in [0.05, 0.1) is 0 Å². The van der Waals surface area contributed by atoms with E-state index in [1.54, 1.807) is 0 Å². The number of carbonyl (C=O) groups is 1. The predicted octanol–water partition coefficient (Wildman–Crippen LogP) is 1.93. The van der Waals surface area contributed by atoms with Crippen LogP contribution in [0.15, 0.2) is 21.5 Å². The van der Waals surface area contributed by atoms with Crippen LogP contribution in [0.1, 0.15) is 10.4 Å². The van der Waals surface area contributed by atoms with E-state index in [-0.39, 0.29) is 53.7 Å². The molecule has 1 heterocycles. The van der Waals surface area contributed by atoms with Crippen molar-refractivity contribution in [1.29, 1.82) is 0 Å². The van der Waals surface area contributed by atoms with Crippen LogP contribution in [0.3, 0.4) is 0 Å². The van der Waals surface area contributed by atoms with E-state index in [1.807, 2.05) is 0 Å². The number of rotatable bonds is 11. The van der Waals surface area contributed by atoms with Crippen molar-refractivity contribution >= 4 is 37.6 Å². The molecule has 2 rings (SSSR count). The van der Waals surface area contributed by atoms with Crippen molar-refractivity contribution in [3.8, 4) is 11.5 Å². The molecule has 0 aliphatic carbocycles. The van der Waals surface area contributed by atoms with Gasteiger partial charge in [-0.1, -0.05) is 0 Å². The topological polar surface area (TPSA) is 111 Å². The number of methoxy groups -OCH3 is 2. The first kappa shape index (κ1) is 23.8. The second-order valence-electron chi connectivity index (χ2n) is 7.64. The second-order valence-corrected chi connectivity index (χ2v) is 13.3. The van der Waals surface area contributed by atoms with Gasteiger partial charge in [-0.05, 0) is 0 Å². The van der Waals surface area contributed by atoms with E-state index in [0.29, 0.717) is 7.15 Å². The Balaban J connectivity index is 2.68. The molecule has 30 heavy (non-hydrogen) atoms. The molecule has 0 bridgehead atoms. The van der Waals surface area contributed by atoms with Gasteiger partial charge in [-0.2, -0.15) is 0 Å². The van der Waals surface area contributed by atoms with E-state index in [9.17, 15) is 14.3 Å². The molecule has 0 fully saturated rings. The molecule has 0 amide bonds. The Hall–Kier alpha value is -2.50.